The Kier molecular flexibility index (Phi) is 3.89. The van der Waals surface area contributed by atoms with Gasteiger partial charge < -0.3 is 15.4 Å². The standard InChI is InChI=1S/C10H20N2O2/c1-10(2,3)11-6-9(13)12-8-4-5-14-7-8/h8,11H,4-7H2,1-3H3,(H,12,13). The lowest BCUT2D eigenvalue weighted by atomic mass is 10.1. The van der Waals surface area contributed by atoms with E-state index in [1.165, 1.54) is 0 Å². The van der Waals surface area contributed by atoms with E-state index < -0.39 is 0 Å². The van der Waals surface area contributed by atoms with Crippen LogP contribution in [-0.4, -0.2) is 37.2 Å². The number of ether oxygens (including phenoxy) is 1. The van der Waals surface area contributed by atoms with Crippen molar-refractivity contribution in [2.75, 3.05) is 19.8 Å². The van der Waals surface area contributed by atoms with Gasteiger partial charge in [0.05, 0.1) is 19.2 Å². The van der Waals surface area contributed by atoms with Crippen molar-refractivity contribution in [3.8, 4) is 0 Å². The lowest BCUT2D eigenvalue weighted by Crippen LogP contribution is -2.46. The minimum atomic E-state index is -0.0104. The smallest absolute Gasteiger partial charge is 0.234 e. The van der Waals surface area contributed by atoms with Gasteiger partial charge in [-0.05, 0) is 27.2 Å². The second-order valence-corrected chi connectivity index (χ2v) is 4.73. The Balaban J connectivity index is 2.15. The molecule has 0 aliphatic carbocycles. The lowest BCUT2D eigenvalue weighted by Gasteiger charge is -2.20. The average molecular weight is 200 g/mol. The number of rotatable bonds is 3. The van der Waals surface area contributed by atoms with Gasteiger partial charge in [0.2, 0.25) is 5.91 Å². The van der Waals surface area contributed by atoms with Crippen molar-refractivity contribution in [2.45, 2.75) is 38.8 Å². The highest BCUT2D eigenvalue weighted by Crippen LogP contribution is 2.03. The van der Waals surface area contributed by atoms with Crippen LogP contribution in [0.4, 0.5) is 0 Å². The maximum Gasteiger partial charge on any atom is 0.234 e. The van der Waals surface area contributed by atoms with Crippen LogP contribution >= 0.6 is 0 Å². The zero-order chi connectivity index (χ0) is 10.6. The third kappa shape index (κ3) is 4.58. The van der Waals surface area contributed by atoms with Gasteiger partial charge in [-0.3, -0.25) is 4.79 Å². The van der Waals surface area contributed by atoms with Crippen LogP contribution in [0.5, 0.6) is 0 Å². The molecule has 1 atom stereocenters. The normalized spacial score (nSPS) is 22.4. The van der Waals surface area contributed by atoms with Crippen LogP contribution < -0.4 is 10.6 Å². The van der Waals surface area contributed by atoms with E-state index in [4.69, 9.17) is 4.74 Å². The molecule has 1 rings (SSSR count). The van der Waals surface area contributed by atoms with Gasteiger partial charge in [0, 0.05) is 12.1 Å². The highest BCUT2D eigenvalue weighted by atomic mass is 16.5. The first kappa shape index (κ1) is 11.5. The molecule has 2 N–H and O–H groups in total. The number of amides is 1. The van der Waals surface area contributed by atoms with Gasteiger partial charge in [-0.2, -0.15) is 0 Å². The third-order valence-electron chi connectivity index (χ3n) is 2.07. The lowest BCUT2D eigenvalue weighted by molar-refractivity contribution is -0.121. The summed E-state index contributed by atoms with van der Waals surface area (Å²) in [5, 5.41) is 6.07. The summed E-state index contributed by atoms with van der Waals surface area (Å²) in [5.41, 5.74) is -0.0104. The van der Waals surface area contributed by atoms with E-state index in [0.29, 0.717) is 13.2 Å². The van der Waals surface area contributed by atoms with Gasteiger partial charge in [0.15, 0.2) is 0 Å². The van der Waals surface area contributed by atoms with Crippen LogP contribution in [-0.2, 0) is 9.53 Å². The predicted molar refractivity (Wildman–Crippen MR) is 55.1 cm³/mol. The Bertz CT molecular complexity index is 193. The molecular weight excluding hydrogens is 180 g/mol. The van der Waals surface area contributed by atoms with Gasteiger partial charge in [-0.15, -0.1) is 0 Å². The first-order valence-electron chi connectivity index (χ1n) is 5.09. The number of carbonyl (C=O) groups is 1. The molecule has 1 aliphatic heterocycles. The summed E-state index contributed by atoms with van der Waals surface area (Å²) in [7, 11) is 0. The van der Waals surface area contributed by atoms with E-state index in [2.05, 4.69) is 10.6 Å². The van der Waals surface area contributed by atoms with Crippen molar-refractivity contribution >= 4 is 5.91 Å². The molecule has 1 unspecified atom stereocenters. The van der Waals surface area contributed by atoms with Gasteiger partial charge in [-0.25, -0.2) is 0 Å². The molecule has 4 heteroatoms. The first-order chi connectivity index (χ1) is 6.47. The maximum absolute atomic E-state index is 11.4. The van der Waals surface area contributed by atoms with Gasteiger partial charge in [0.1, 0.15) is 0 Å². The van der Waals surface area contributed by atoms with Gasteiger partial charge >= 0.3 is 0 Å². The van der Waals surface area contributed by atoms with Crippen molar-refractivity contribution < 1.29 is 9.53 Å². The molecule has 14 heavy (non-hydrogen) atoms. The van der Waals surface area contributed by atoms with Gasteiger partial charge in [0.25, 0.3) is 0 Å². The van der Waals surface area contributed by atoms with Crippen molar-refractivity contribution in [1.82, 2.24) is 10.6 Å². The van der Waals surface area contributed by atoms with Gasteiger partial charge in [-0.1, -0.05) is 0 Å². The number of carbonyl (C=O) groups excluding carboxylic acids is 1. The van der Waals surface area contributed by atoms with Crippen LogP contribution in [0.15, 0.2) is 0 Å². The molecule has 1 fully saturated rings. The zero-order valence-corrected chi connectivity index (χ0v) is 9.22. The second-order valence-electron chi connectivity index (χ2n) is 4.73. The summed E-state index contributed by atoms with van der Waals surface area (Å²) in [6.07, 6.45) is 0.932. The van der Waals surface area contributed by atoms with Crippen LogP contribution in [0.2, 0.25) is 0 Å². The van der Waals surface area contributed by atoms with E-state index in [9.17, 15) is 4.79 Å². The molecular formula is C10H20N2O2. The second kappa shape index (κ2) is 4.75. The summed E-state index contributed by atoms with van der Waals surface area (Å²) in [5.74, 6) is 0.0513. The van der Waals surface area contributed by atoms with Crippen molar-refractivity contribution in [2.24, 2.45) is 0 Å². The summed E-state index contributed by atoms with van der Waals surface area (Å²) in [6, 6.07) is 0.212. The first-order valence-corrected chi connectivity index (χ1v) is 5.09. The van der Waals surface area contributed by atoms with E-state index in [0.717, 1.165) is 13.0 Å². The molecule has 0 aromatic rings. The minimum Gasteiger partial charge on any atom is -0.379 e. The summed E-state index contributed by atoms with van der Waals surface area (Å²) >= 11 is 0. The third-order valence-corrected chi connectivity index (χ3v) is 2.07. The van der Waals surface area contributed by atoms with E-state index in [-0.39, 0.29) is 17.5 Å². The van der Waals surface area contributed by atoms with Crippen LogP contribution in [0, 0.1) is 0 Å². The monoisotopic (exact) mass is 200 g/mol. The van der Waals surface area contributed by atoms with Crippen LogP contribution in [0.1, 0.15) is 27.2 Å². The molecule has 0 aromatic heterocycles. The molecule has 0 saturated carbocycles. The molecule has 0 bridgehead atoms. The van der Waals surface area contributed by atoms with Crippen LogP contribution in [0.25, 0.3) is 0 Å². The van der Waals surface area contributed by atoms with Crippen LogP contribution in [0.3, 0.4) is 0 Å². The fourth-order valence-electron chi connectivity index (χ4n) is 1.27. The Hall–Kier alpha value is -0.610. The van der Waals surface area contributed by atoms with Crippen molar-refractivity contribution in [1.29, 1.82) is 0 Å². The minimum absolute atomic E-state index is 0.0104. The van der Waals surface area contributed by atoms with E-state index in [1.54, 1.807) is 0 Å². The summed E-state index contributed by atoms with van der Waals surface area (Å²) in [4.78, 5) is 11.4. The highest BCUT2D eigenvalue weighted by Gasteiger charge is 2.18. The summed E-state index contributed by atoms with van der Waals surface area (Å²) < 4.78 is 5.17. The topological polar surface area (TPSA) is 50.4 Å². The SMILES string of the molecule is CC(C)(C)NCC(=O)NC1CCOC1. The molecule has 1 saturated heterocycles. The van der Waals surface area contributed by atoms with E-state index >= 15 is 0 Å². The molecule has 1 aliphatic rings. The molecule has 0 aromatic carbocycles. The Morgan fingerprint density at radius 3 is 2.71 bits per heavy atom. The molecule has 4 nitrogen and oxygen atoms in total. The van der Waals surface area contributed by atoms with Crippen molar-refractivity contribution in [3.05, 3.63) is 0 Å². The Labute approximate surface area is 85.4 Å². The average Bonchev–Trinajstić information content (AvgIpc) is 2.52. The Morgan fingerprint density at radius 2 is 2.21 bits per heavy atom. The summed E-state index contributed by atoms with van der Waals surface area (Å²) in [6.45, 7) is 7.91. The largest absolute Gasteiger partial charge is 0.379 e. The fourth-order valence-corrected chi connectivity index (χ4v) is 1.27. The molecule has 82 valence electrons. The van der Waals surface area contributed by atoms with Crippen molar-refractivity contribution in [3.63, 3.8) is 0 Å². The molecule has 1 heterocycles. The Morgan fingerprint density at radius 1 is 1.50 bits per heavy atom. The quantitative estimate of drug-likeness (QED) is 0.688. The number of nitrogens with one attached hydrogen (secondary N) is 2. The zero-order valence-electron chi connectivity index (χ0n) is 9.22. The highest BCUT2D eigenvalue weighted by molar-refractivity contribution is 5.78. The maximum atomic E-state index is 11.4. The number of hydrogen-bond acceptors (Lipinski definition) is 3. The molecule has 0 radical (unpaired) electrons. The molecule has 0 spiro atoms. The predicted octanol–water partition coefficient (Wildman–Crippen LogP) is 0.280. The number of hydrogen-bond donors (Lipinski definition) is 2. The fraction of sp³-hybridized carbons (Fsp3) is 0.900. The molecule has 1 amide bonds. The van der Waals surface area contributed by atoms with E-state index in [1.807, 2.05) is 20.8 Å².